The molecular formula is C18H29FN6O3S. The minimum atomic E-state index is -0.694. The molecule has 0 saturated heterocycles. The number of rotatable bonds is 12. The number of anilines is 2. The van der Waals surface area contributed by atoms with Crippen LogP contribution in [-0.4, -0.2) is 51.9 Å². The maximum atomic E-state index is 14.7. The normalized spacial score (nSPS) is 15.0. The molecule has 1 aliphatic rings. The molecule has 1 atom stereocenters. The van der Waals surface area contributed by atoms with Crippen LogP contribution in [0.1, 0.15) is 45.4 Å². The molecule has 162 valence electrons. The fourth-order valence-electron chi connectivity index (χ4n) is 3.37. The molecule has 11 heteroatoms. The van der Waals surface area contributed by atoms with E-state index in [9.17, 15) is 19.2 Å². The molecule has 0 spiro atoms. The van der Waals surface area contributed by atoms with Crippen molar-refractivity contribution in [1.82, 2.24) is 20.5 Å². The van der Waals surface area contributed by atoms with E-state index in [2.05, 4.69) is 26.1 Å². The zero-order valence-corrected chi connectivity index (χ0v) is 17.6. The van der Waals surface area contributed by atoms with Crippen LogP contribution in [0.25, 0.3) is 0 Å². The van der Waals surface area contributed by atoms with E-state index in [0.717, 1.165) is 32.1 Å². The van der Waals surface area contributed by atoms with Crippen LogP contribution in [0.5, 0.6) is 0 Å². The van der Waals surface area contributed by atoms with Crippen LogP contribution in [0, 0.1) is 17.7 Å². The average Bonchev–Trinajstić information content (AvgIpc) is 3.24. The number of amides is 2. The fraction of sp³-hybridized carbons (Fsp3) is 0.667. The smallest absolute Gasteiger partial charge is 0.243 e. The summed E-state index contributed by atoms with van der Waals surface area (Å²) in [6, 6.07) is 0. The number of hydrogen-bond donors (Lipinski definition) is 4. The Morgan fingerprint density at radius 3 is 2.69 bits per heavy atom. The molecule has 0 aromatic carbocycles. The molecule has 1 heterocycles. The molecule has 1 fully saturated rings. The number of hydroxylamine groups is 2. The van der Waals surface area contributed by atoms with Crippen LogP contribution in [0.2, 0.25) is 0 Å². The van der Waals surface area contributed by atoms with Crippen molar-refractivity contribution in [1.29, 1.82) is 0 Å². The molecule has 1 aromatic heterocycles. The quantitative estimate of drug-likeness (QED) is 0.132. The molecule has 0 radical (unpaired) electrons. The van der Waals surface area contributed by atoms with Crippen LogP contribution in [-0.2, 0) is 9.59 Å². The first kappa shape index (κ1) is 23.1. The highest BCUT2D eigenvalue weighted by atomic mass is 32.2. The van der Waals surface area contributed by atoms with Crippen molar-refractivity contribution in [2.75, 3.05) is 30.1 Å². The van der Waals surface area contributed by atoms with Crippen LogP contribution in [0.3, 0.4) is 0 Å². The molecule has 1 saturated carbocycles. The molecule has 1 aliphatic carbocycles. The minimum absolute atomic E-state index is 0.0629. The molecular weight excluding hydrogens is 399 g/mol. The number of carbonyl (C=O) groups is 2. The zero-order chi connectivity index (χ0) is 21.2. The van der Waals surface area contributed by atoms with Gasteiger partial charge in [0, 0.05) is 6.54 Å². The van der Waals surface area contributed by atoms with E-state index < -0.39 is 17.6 Å². The van der Waals surface area contributed by atoms with Gasteiger partial charge in [-0.2, -0.15) is 4.39 Å². The maximum absolute atomic E-state index is 14.7. The van der Waals surface area contributed by atoms with E-state index in [1.165, 1.54) is 11.8 Å². The second-order valence-corrected chi connectivity index (χ2v) is 7.85. The van der Waals surface area contributed by atoms with Gasteiger partial charge in [-0.15, -0.1) is 0 Å². The first-order valence-electron chi connectivity index (χ1n) is 9.80. The van der Waals surface area contributed by atoms with Gasteiger partial charge in [0.15, 0.2) is 16.8 Å². The molecule has 0 bridgehead atoms. The van der Waals surface area contributed by atoms with Crippen LogP contribution >= 0.6 is 11.8 Å². The molecule has 29 heavy (non-hydrogen) atoms. The van der Waals surface area contributed by atoms with Gasteiger partial charge in [0.25, 0.3) is 0 Å². The third kappa shape index (κ3) is 7.00. The van der Waals surface area contributed by atoms with Gasteiger partial charge in [-0.1, -0.05) is 44.4 Å². The average molecular weight is 429 g/mol. The van der Waals surface area contributed by atoms with Crippen molar-refractivity contribution in [3.63, 3.8) is 0 Å². The molecule has 2 amide bonds. The second-order valence-electron chi connectivity index (χ2n) is 7.07. The topological polar surface area (TPSA) is 119 Å². The highest BCUT2D eigenvalue weighted by Gasteiger charge is 2.27. The van der Waals surface area contributed by atoms with Gasteiger partial charge in [0.05, 0.1) is 12.5 Å². The van der Waals surface area contributed by atoms with Gasteiger partial charge in [-0.25, -0.2) is 15.0 Å². The Morgan fingerprint density at radius 1 is 1.38 bits per heavy atom. The number of aromatic nitrogens is 2. The largest absolute Gasteiger partial charge is 0.367 e. The van der Waals surface area contributed by atoms with Gasteiger partial charge in [-0.3, -0.25) is 25.6 Å². The van der Waals surface area contributed by atoms with Crippen LogP contribution < -0.4 is 16.2 Å². The molecule has 1 aromatic rings. The van der Waals surface area contributed by atoms with E-state index in [-0.39, 0.29) is 24.6 Å². The lowest BCUT2D eigenvalue weighted by atomic mass is 9.92. The third-order valence-corrected chi connectivity index (χ3v) is 5.40. The number of nitrogens with one attached hydrogen (secondary N) is 3. The van der Waals surface area contributed by atoms with Crippen molar-refractivity contribution in [3.8, 4) is 0 Å². The Labute approximate surface area is 174 Å². The number of nitrogens with zero attached hydrogens (tertiary/aromatic N) is 3. The van der Waals surface area contributed by atoms with Gasteiger partial charge in [0.1, 0.15) is 0 Å². The predicted octanol–water partition coefficient (Wildman–Crippen LogP) is 2.65. The van der Waals surface area contributed by atoms with Crippen molar-refractivity contribution < 1.29 is 19.2 Å². The Balaban J connectivity index is 2.07. The summed E-state index contributed by atoms with van der Waals surface area (Å²) in [6.07, 6.45) is 7.66. The van der Waals surface area contributed by atoms with Gasteiger partial charge in [-0.05, 0) is 25.0 Å². The summed E-state index contributed by atoms with van der Waals surface area (Å²) in [7, 11) is 0. The number of thioether (sulfide) groups is 1. The summed E-state index contributed by atoms with van der Waals surface area (Å²) in [5.74, 6) is -1.47. The summed E-state index contributed by atoms with van der Waals surface area (Å²) in [6.45, 7) is 2.38. The molecule has 9 nitrogen and oxygen atoms in total. The standard InChI is InChI=1S/C18H29FN6O3S/c1-3-8-20-15-14(19)16(22-18(21-15)29-2)23-24-17(27)13(10-25(28)11-26)9-12-6-4-5-7-12/h11-13,28H,3-10H2,1-2H3,(H,24,27)(H2,20,21,22,23)/t13-/m1/s1. The third-order valence-electron chi connectivity index (χ3n) is 4.85. The number of carbonyl (C=O) groups excluding carboxylic acids is 2. The second kappa shape index (κ2) is 11.8. The fourth-order valence-corrected chi connectivity index (χ4v) is 3.73. The molecule has 2 rings (SSSR count). The summed E-state index contributed by atoms with van der Waals surface area (Å²) in [4.78, 5) is 31.6. The molecule has 0 unspecified atom stereocenters. The molecule has 4 N–H and O–H groups in total. The highest BCUT2D eigenvalue weighted by molar-refractivity contribution is 7.98. The van der Waals surface area contributed by atoms with Crippen LogP contribution in [0.15, 0.2) is 5.16 Å². The zero-order valence-electron chi connectivity index (χ0n) is 16.8. The SMILES string of the molecule is CCCNc1nc(SC)nc(NNC(=O)[C@H](CC2CCCC2)CN(O)C=O)c1F. The predicted molar refractivity (Wildman–Crippen MR) is 109 cm³/mol. The lowest BCUT2D eigenvalue weighted by Crippen LogP contribution is -2.41. The van der Waals surface area contributed by atoms with Crippen molar-refractivity contribution in [2.24, 2.45) is 11.8 Å². The first-order chi connectivity index (χ1) is 14.0. The molecule has 0 aliphatic heterocycles. The van der Waals surface area contributed by atoms with E-state index in [1.54, 1.807) is 6.26 Å². The highest BCUT2D eigenvalue weighted by Crippen LogP contribution is 2.30. The number of hydrazine groups is 1. The Hall–Kier alpha value is -2.14. The minimum Gasteiger partial charge on any atom is -0.367 e. The Bertz CT molecular complexity index is 690. The van der Waals surface area contributed by atoms with Gasteiger partial charge in [0.2, 0.25) is 18.1 Å². The summed E-state index contributed by atoms with van der Waals surface area (Å²) in [5.41, 5.74) is 5.00. The Morgan fingerprint density at radius 2 is 2.07 bits per heavy atom. The monoisotopic (exact) mass is 428 g/mol. The van der Waals surface area contributed by atoms with E-state index in [1.807, 2.05) is 6.92 Å². The summed E-state index contributed by atoms with van der Waals surface area (Å²) >= 11 is 1.25. The number of hydrogen-bond acceptors (Lipinski definition) is 8. The van der Waals surface area contributed by atoms with Gasteiger partial charge >= 0.3 is 0 Å². The summed E-state index contributed by atoms with van der Waals surface area (Å²) in [5, 5.41) is 13.3. The van der Waals surface area contributed by atoms with E-state index >= 15 is 0 Å². The maximum Gasteiger partial charge on any atom is 0.243 e. The lowest BCUT2D eigenvalue weighted by molar-refractivity contribution is -0.154. The van der Waals surface area contributed by atoms with Crippen molar-refractivity contribution >= 4 is 35.7 Å². The number of halogens is 1. The summed E-state index contributed by atoms with van der Waals surface area (Å²) < 4.78 is 14.7. The van der Waals surface area contributed by atoms with E-state index in [4.69, 9.17) is 0 Å². The van der Waals surface area contributed by atoms with Crippen molar-refractivity contribution in [2.45, 2.75) is 50.6 Å². The first-order valence-corrected chi connectivity index (χ1v) is 11.0. The Kier molecular flexibility index (Phi) is 9.39. The van der Waals surface area contributed by atoms with E-state index in [0.29, 0.717) is 29.1 Å². The van der Waals surface area contributed by atoms with Gasteiger partial charge < -0.3 is 5.32 Å². The van der Waals surface area contributed by atoms with Crippen LogP contribution in [0.4, 0.5) is 16.0 Å². The van der Waals surface area contributed by atoms with Crippen molar-refractivity contribution in [3.05, 3.63) is 5.82 Å². The lowest BCUT2D eigenvalue weighted by Gasteiger charge is -2.22.